The zero-order valence-corrected chi connectivity index (χ0v) is 8.53. The molecule has 0 aliphatic heterocycles. The lowest BCUT2D eigenvalue weighted by Crippen LogP contribution is -2.20. The Morgan fingerprint density at radius 3 is 2.86 bits per heavy atom. The van der Waals surface area contributed by atoms with E-state index in [4.69, 9.17) is 0 Å². The lowest BCUT2D eigenvalue weighted by Gasteiger charge is -2.17. The summed E-state index contributed by atoms with van der Waals surface area (Å²) in [5.74, 6) is 0.998. The second kappa shape index (κ2) is 3.40. The zero-order valence-electron chi connectivity index (χ0n) is 8.53. The number of Topliss-reactive ketones (excluding diaryl/α,β-unsaturated/α-hetero) is 1. The van der Waals surface area contributed by atoms with E-state index in [-0.39, 0.29) is 5.78 Å². The number of pyridine rings is 1. The zero-order chi connectivity index (χ0) is 10.1. The third-order valence-corrected chi connectivity index (χ3v) is 2.61. The van der Waals surface area contributed by atoms with E-state index in [2.05, 4.69) is 9.88 Å². The first-order valence-corrected chi connectivity index (χ1v) is 4.88. The number of nitrogens with zero attached hydrogens (tertiary/aromatic N) is 2. The standard InChI is InChI=1S/C11H14N2O/c1-8(14)9-5-6-12-11(7-9)13(2)10-3-4-10/h5-7,10H,3-4H2,1-2H3. The summed E-state index contributed by atoms with van der Waals surface area (Å²) in [7, 11) is 2.03. The molecule has 0 bridgehead atoms. The lowest BCUT2D eigenvalue weighted by molar-refractivity contribution is 0.101. The highest BCUT2D eigenvalue weighted by Crippen LogP contribution is 2.29. The third kappa shape index (κ3) is 1.76. The van der Waals surface area contributed by atoms with Crippen LogP contribution in [0.1, 0.15) is 30.1 Å². The van der Waals surface area contributed by atoms with Crippen LogP contribution in [-0.2, 0) is 0 Å². The van der Waals surface area contributed by atoms with Crippen molar-refractivity contribution < 1.29 is 4.79 Å². The molecule has 0 amide bonds. The van der Waals surface area contributed by atoms with Gasteiger partial charge in [0.2, 0.25) is 0 Å². The molecule has 0 aromatic carbocycles. The highest BCUT2D eigenvalue weighted by Gasteiger charge is 2.27. The van der Waals surface area contributed by atoms with Crippen molar-refractivity contribution in [3.63, 3.8) is 0 Å². The van der Waals surface area contributed by atoms with Crippen LogP contribution < -0.4 is 4.90 Å². The van der Waals surface area contributed by atoms with E-state index in [1.54, 1.807) is 19.2 Å². The normalized spacial score (nSPS) is 15.3. The van der Waals surface area contributed by atoms with E-state index in [1.807, 2.05) is 13.1 Å². The summed E-state index contributed by atoms with van der Waals surface area (Å²) in [6, 6.07) is 4.25. The fourth-order valence-corrected chi connectivity index (χ4v) is 1.48. The Kier molecular flexibility index (Phi) is 2.23. The van der Waals surface area contributed by atoms with E-state index in [9.17, 15) is 4.79 Å². The molecule has 1 aromatic heterocycles. The molecule has 74 valence electrons. The van der Waals surface area contributed by atoms with Crippen molar-refractivity contribution in [1.29, 1.82) is 0 Å². The van der Waals surface area contributed by atoms with E-state index in [1.165, 1.54) is 12.8 Å². The van der Waals surface area contributed by atoms with Crippen LogP contribution in [0.2, 0.25) is 0 Å². The molecule has 0 spiro atoms. The van der Waals surface area contributed by atoms with Crippen molar-refractivity contribution in [3.8, 4) is 0 Å². The summed E-state index contributed by atoms with van der Waals surface area (Å²) in [5.41, 5.74) is 0.738. The minimum atomic E-state index is 0.0952. The van der Waals surface area contributed by atoms with Crippen molar-refractivity contribution in [2.24, 2.45) is 0 Å². The van der Waals surface area contributed by atoms with Crippen molar-refractivity contribution in [2.45, 2.75) is 25.8 Å². The van der Waals surface area contributed by atoms with Crippen molar-refractivity contribution in [3.05, 3.63) is 23.9 Å². The molecule has 0 atom stereocenters. The van der Waals surface area contributed by atoms with Crippen LogP contribution >= 0.6 is 0 Å². The van der Waals surface area contributed by atoms with Crippen LogP contribution in [0.3, 0.4) is 0 Å². The molecule has 1 saturated carbocycles. The predicted octanol–water partition coefficient (Wildman–Crippen LogP) is 1.88. The largest absolute Gasteiger partial charge is 0.357 e. The van der Waals surface area contributed by atoms with Gasteiger partial charge in [0.05, 0.1) is 0 Å². The Bertz CT molecular complexity index is 358. The smallest absolute Gasteiger partial charge is 0.159 e. The first kappa shape index (κ1) is 9.19. The number of carbonyl (C=O) groups excluding carboxylic acids is 1. The van der Waals surface area contributed by atoms with Crippen molar-refractivity contribution in [1.82, 2.24) is 4.98 Å². The second-order valence-electron chi connectivity index (χ2n) is 3.80. The first-order chi connectivity index (χ1) is 6.68. The van der Waals surface area contributed by atoms with Gasteiger partial charge in [-0.2, -0.15) is 0 Å². The van der Waals surface area contributed by atoms with Crippen LogP contribution in [-0.4, -0.2) is 23.9 Å². The molecule has 0 radical (unpaired) electrons. The fraction of sp³-hybridized carbons (Fsp3) is 0.455. The number of carbonyl (C=O) groups is 1. The third-order valence-electron chi connectivity index (χ3n) is 2.61. The Balaban J connectivity index is 2.24. The van der Waals surface area contributed by atoms with Gasteiger partial charge in [0.25, 0.3) is 0 Å². The second-order valence-corrected chi connectivity index (χ2v) is 3.80. The van der Waals surface area contributed by atoms with Crippen LogP contribution in [0.4, 0.5) is 5.82 Å². The van der Waals surface area contributed by atoms with Gasteiger partial charge >= 0.3 is 0 Å². The maximum atomic E-state index is 11.2. The number of hydrogen-bond acceptors (Lipinski definition) is 3. The molecule has 1 aromatic rings. The molecule has 14 heavy (non-hydrogen) atoms. The Morgan fingerprint density at radius 2 is 2.29 bits per heavy atom. The summed E-state index contributed by atoms with van der Waals surface area (Å²) in [6.07, 6.45) is 4.18. The van der Waals surface area contributed by atoms with Crippen molar-refractivity contribution in [2.75, 3.05) is 11.9 Å². The molecule has 0 saturated heterocycles. The van der Waals surface area contributed by atoms with Gasteiger partial charge in [-0.25, -0.2) is 4.98 Å². The number of rotatable bonds is 3. The van der Waals surface area contributed by atoms with Crippen LogP contribution in [0.5, 0.6) is 0 Å². The molecule has 3 nitrogen and oxygen atoms in total. The minimum absolute atomic E-state index is 0.0952. The van der Waals surface area contributed by atoms with Gasteiger partial charge < -0.3 is 4.90 Å². The van der Waals surface area contributed by atoms with E-state index < -0.39 is 0 Å². The predicted molar refractivity (Wildman–Crippen MR) is 55.7 cm³/mol. The number of anilines is 1. The fourth-order valence-electron chi connectivity index (χ4n) is 1.48. The Morgan fingerprint density at radius 1 is 1.57 bits per heavy atom. The maximum absolute atomic E-state index is 11.2. The number of ketones is 1. The van der Waals surface area contributed by atoms with Gasteiger partial charge in [0, 0.05) is 24.8 Å². The summed E-state index contributed by atoms with van der Waals surface area (Å²) in [6.45, 7) is 1.58. The Hall–Kier alpha value is -1.38. The molecular formula is C11H14N2O. The highest BCUT2D eigenvalue weighted by molar-refractivity contribution is 5.94. The summed E-state index contributed by atoms with van der Waals surface area (Å²) < 4.78 is 0. The van der Waals surface area contributed by atoms with Gasteiger partial charge in [-0.1, -0.05) is 0 Å². The Labute approximate surface area is 83.8 Å². The summed E-state index contributed by atoms with van der Waals surface area (Å²) in [5, 5.41) is 0. The topological polar surface area (TPSA) is 33.2 Å². The van der Waals surface area contributed by atoms with Gasteiger partial charge in [-0.15, -0.1) is 0 Å². The average Bonchev–Trinajstić information content (AvgIpc) is 3.00. The molecular weight excluding hydrogens is 176 g/mol. The molecule has 1 aliphatic carbocycles. The number of aromatic nitrogens is 1. The lowest BCUT2D eigenvalue weighted by atomic mass is 10.2. The highest BCUT2D eigenvalue weighted by atomic mass is 16.1. The molecule has 0 unspecified atom stereocenters. The van der Waals surface area contributed by atoms with Crippen LogP contribution in [0.25, 0.3) is 0 Å². The van der Waals surface area contributed by atoms with Crippen molar-refractivity contribution >= 4 is 11.6 Å². The van der Waals surface area contributed by atoms with E-state index >= 15 is 0 Å². The quantitative estimate of drug-likeness (QED) is 0.682. The van der Waals surface area contributed by atoms with E-state index in [0.717, 1.165) is 11.4 Å². The monoisotopic (exact) mass is 190 g/mol. The van der Waals surface area contributed by atoms with E-state index in [0.29, 0.717) is 6.04 Å². The summed E-state index contributed by atoms with van der Waals surface area (Å²) >= 11 is 0. The SMILES string of the molecule is CC(=O)c1ccnc(N(C)C2CC2)c1. The summed E-state index contributed by atoms with van der Waals surface area (Å²) in [4.78, 5) is 17.6. The first-order valence-electron chi connectivity index (χ1n) is 4.88. The number of hydrogen-bond donors (Lipinski definition) is 0. The van der Waals surface area contributed by atoms with Crippen LogP contribution in [0.15, 0.2) is 18.3 Å². The molecule has 0 N–H and O–H groups in total. The van der Waals surface area contributed by atoms with Gasteiger partial charge in [-0.05, 0) is 31.9 Å². The minimum Gasteiger partial charge on any atom is -0.357 e. The molecule has 2 rings (SSSR count). The maximum Gasteiger partial charge on any atom is 0.159 e. The van der Waals surface area contributed by atoms with Gasteiger partial charge in [0.15, 0.2) is 5.78 Å². The van der Waals surface area contributed by atoms with Gasteiger partial charge in [0.1, 0.15) is 5.82 Å². The molecule has 3 heteroatoms. The molecule has 1 heterocycles. The average molecular weight is 190 g/mol. The molecule has 1 fully saturated rings. The van der Waals surface area contributed by atoms with Crippen LogP contribution in [0, 0.1) is 0 Å². The van der Waals surface area contributed by atoms with Gasteiger partial charge in [-0.3, -0.25) is 4.79 Å². The molecule has 1 aliphatic rings.